The van der Waals surface area contributed by atoms with Crippen LogP contribution in [0, 0.1) is 0 Å². The third-order valence-electron chi connectivity index (χ3n) is 3.20. The second-order valence-corrected chi connectivity index (χ2v) is 6.39. The third-order valence-corrected chi connectivity index (χ3v) is 4.58. The summed E-state index contributed by atoms with van der Waals surface area (Å²) < 4.78 is 27.6. The molecule has 0 amide bonds. The van der Waals surface area contributed by atoms with Gasteiger partial charge in [0.05, 0.1) is 10.6 Å². The molecule has 3 rings (SSSR count). The average Bonchev–Trinajstić information content (AvgIpc) is 2.57. The number of anilines is 1. The molecule has 5 heteroatoms. The molecule has 1 N–H and O–H groups in total. The van der Waals surface area contributed by atoms with E-state index in [2.05, 4.69) is 9.71 Å². The Balaban J connectivity index is 2.01. The van der Waals surface area contributed by atoms with Crippen molar-refractivity contribution in [1.82, 2.24) is 4.98 Å². The van der Waals surface area contributed by atoms with E-state index >= 15 is 0 Å². The molecule has 0 unspecified atom stereocenters. The number of pyridine rings is 1. The predicted molar refractivity (Wildman–Crippen MR) is 86.9 cm³/mol. The van der Waals surface area contributed by atoms with E-state index in [4.69, 9.17) is 0 Å². The lowest BCUT2D eigenvalue weighted by Gasteiger charge is -2.12. The zero-order valence-electron chi connectivity index (χ0n) is 11.7. The van der Waals surface area contributed by atoms with Crippen molar-refractivity contribution in [3.63, 3.8) is 0 Å². The summed E-state index contributed by atoms with van der Waals surface area (Å²) in [6.07, 6.45) is 3.38. The highest BCUT2D eigenvalue weighted by molar-refractivity contribution is 7.92. The molecule has 1 heterocycles. The van der Waals surface area contributed by atoms with Gasteiger partial charge in [-0.3, -0.25) is 9.71 Å². The van der Waals surface area contributed by atoms with E-state index in [1.807, 2.05) is 24.3 Å². The smallest absolute Gasteiger partial charge is 0.261 e. The number of aromatic nitrogens is 1. The molecule has 0 aliphatic heterocycles. The Morgan fingerprint density at radius 3 is 2.27 bits per heavy atom. The molecule has 0 radical (unpaired) electrons. The molecule has 22 heavy (non-hydrogen) atoms. The highest BCUT2D eigenvalue weighted by Gasteiger charge is 2.15. The molecule has 0 atom stereocenters. The van der Waals surface area contributed by atoms with Crippen LogP contribution in [0.3, 0.4) is 0 Å². The molecule has 0 fully saturated rings. The summed E-state index contributed by atoms with van der Waals surface area (Å²) in [5.41, 5.74) is 2.17. The second-order valence-electron chi connectivity index (χ2n) is 4.71. The first-order valence-corrected chi connectivity index (χ1v) is 8.22. The van der Waals surface area contributed by atoms with Crippen LogP contribution in [0.4, 0.5) is 5.69 Å². The first-order valence-electron chi connectivity index (χ1n) is 6.74. The Kier molecular flexibility index (Phi) is 3.89. The monoisotopic (exact) mass is 310 g/mol. The Labute approximate surface area is 129 Å². The zero-order chi connectivity index (χ0) is 15.4. The number of sulfonamides is 1. The highest BCUT2D eigenvalue weighted by Crippen LogP contribution is 2.28. The standard InChI is InChI=1S/C17H14N2O2S/c20-22(21,15-8-2-1-3-9-15)19-17-11-5-4-10-16(17)14-7-6-12-18-13-14/h1-13,19H. The van der Waals surface area contributed by atoms with Gasteiger partial charge in [-0.25, -0.2) is 8.42 Å². The van der Waals surface area contributed by atoms with Crippen molar-refractivity contribution < 1.29 is 8.42 Å². The third kappa shape index (κ3) is 2.99. The maximum atomic E-state index is 12.5. The fraction of sp³-hybridized carbons (Fsp3) is 0. The summed E-state index contributed by atoms with van der Waals surface area (Å²) in [6, 6.07) is 19.3. The average molecular weight is 310 g/mol. The number of nitrogens with zero attached hydrogens (tertiary/aromatic N) is 1. The molecule has 0 saturated heterocycles. The summed E-state index contributed by atoms with van der Waals surface area (Å²) in [5, 5.41) is 0. The first kappa shape index (κ1) is 14.3. The van der Waals surface area contributed by atoms with Crippen molar-refractivity contribution in [1.29, 1.82) is 0 Å². The zero-order valence-corrected chi connectivity index (χ0v) is 12.5. The number of rotatable bonds is 4. The lowest BCUT2D eigenvalue weighted by atomic mass is 10.1. The molecule has 2 aromatic carbocycles. The predicted octanol–water partition coefficient (Wildman–Crippen LogP) is 3.55. The Morgan fingerprint density at radius 1 is 0.818 bits per heavy atom. The van der Waals surface area contributed by atoms with Gasteiger partial charge in [0.1, 0.15) is 0 Å². The van der Waals surface area contributed by atoms with Gasteiger partial charge in [0.15, 0.2) is 0 Å². The van der Waals surface area contributed by atoms with Gasteiger partial charge in [0.2, 0.25) is 0 Å². The van der Waals surface area contributed by atoms with Crippen LogP contribution < -0.4 is 4.72 Å². The minimum absolute atomic E-state index is 0.232. The molecular weight excluding hydrogens is 296 g/mol. The van der Waals surface area contributed by atoms with Crippen LogP contribution >= 0.6 is 0 Å². The molecule has 3 aromatic rings. The number of benzene rings is 2. The van der Waals surface area contributed by atoms with Gasteiger partial charge < -0.3 is 0 Å². The number of hydrogen-bond donors (Lipinski definition) is 1. The van der Waals surface area contributed by atoms with Gasteiger partial charge in [-0.05, 0) is 24.3 Å². The van der Waals surface area contributed by atoms with E-state index in [1.54, 1.807) is 54.9 Å². The van der Waals surface area contributed by atoms with Crippen LogP contribution in [-0.4, -0.2) is 13.4 Å². The first-order chi connectivity index (χ1) is 10.7. The second kappa shape index (κ2) is 5.99. The lowest BCUT2D eigenvalue weighted by molar-refractivity contribution is 0.601. The summed E-state index contributed by atoms with van der Waals surface area (Å²) in [5.74, 6) is 0. The minimum atomic E-state index is -3.61. The normalized spacial score (nSPS) is 11.1. The van der Waals surface area contributed by atoms with Crippen molar-refractivity contribution in [2.75, 3.05) is 4.72 Å². The van der Waals surface area contributed by atoms with Gasteiger partial charge in [0, 0.05) is 23.5 Å². The number of nitrogens with one attached hydrogen (secondary N) is 1. The summed E-state index contributed by atoms with van der Waals surface area (Å²) in [7, 11) is -3.61. The Morgan fingerprint density at radius 2 is 1.55 bits per heavy atom. The van der Waals surface area contributed by atoms with Crippen LogP contribution in [0.2, 0.25) is 0 Å². The van der Waals surface area contributed by atoms with Crippen LogP contribution in [0.15, 0.2) is 84.0 Å². The fourth-order valence-corrected chi connectivity index (χ4v) is 3.25. The maximum Gasteiger partial charge on any atom is 0.261 e. The Bertz CT molecular complexity index is 863. The van der Waals surface area contributed by atoms with Gasteiger partial charge in [-0.1, -0.05) is 42.5 Å². The number of hydrogen-bond acceptors (Lipinski definition) is 3. The van der Waals surface area contributed by atoms with E-state index in [9.17, 15) is 8.42 Å². The van der Waals surface area contributed by atoms with Crippen LogP contribution in [-0.2, 0) is 10.0 Å². The Hall–Kier alpha value is -2.66. The number of para-hydroxylation sites is 1. The molecule has 0 aliphatic rings. The van der Waals surface area contributed by atoms with Crippen molar-refractivity contribution in [3.8, 4) is 11.1 Å². The maximum absolute atomic E-state index is 12.5. The summed E-state index contributed by atoms with van der Waals surface area (Å²) in [4.78, 5) is 4.31. The largest absolute Gasteiger partial charge is 0.279 e. The fourth-order valence-electron chi connectivity index (χ4n) is 2.15. The van der Waals surface area contributed by atoms with Crippen LogP contribution in [0.1, 0.15) is 0 Å². The van der Waals surface area contributed by atoms with Gasteiger partial charge in [-0.2, -0.15) is 0 Å². The highest BCUT2D eigenvalue weighted by atomic mass is 32.2. The minimum Gasteiger partial charge on any atom is -0.279 e. The van der Waals surface area contributed by atoms with Gasteiger partial charge >= 0.3 is 0 Å². The van der Waals surface area contributed by atoms with Crippen molar-refractivity contribution in [2.24, 2.45) is 0 Å². The van der Waals surface area contributed by atoms with Crippen molar-refractivity contribution in [2.45, 2.75) is 4.90 Å². The van der Waals surface area contributed by atoms with Gasteiger partial charge in [0.25, 0.3) is 10.0 Å². The van der Waals surface area contributed by atoms with E-state index in [-0.39, 0.29) is 4.90 Å². The van der Waals surface area contributed by atoms with E-state index in [0.29, 0.717) is 5.69 Å². The molecular formula is C17H14N2O2S. The molecule has 0 aliphatic carbocycles. The SMILES string of the molecule is O=S(=O)(Nc1ccccc1-c1cccnc1)c1ccccc1. The van der Waals surface area contributed by atoms with Gasteiger partial charge in [-0.15, -0.1) is 0 Å². The van der Waals surface area contributed by atoms with E-state index in [1.165, 1.54) is 0 Å². The molecule has 4 nitrogen and oxygen atoms in total. The van der Waals surface area contributed by atoms with Crippen LogP contribution in [0.25, 0.3) is 11.1 Å². The quantitative estimate of drug-likeness (QED) is 0.801. The summed E-state index contributed by atoms with van der Waals surface area (Å²) >= 11 is 0. The lowest BCUT2D eigenvalue weighted by Crippen LogP contribution is -2.13. The molecule has 0 saturated carbocycles. The van der Waals surface area contributed by atoms with E-state index < -0.39 is 10.0 Å². The molecule has 0 bridgehead atoms. The van der Waals surface area contributed by atoms with Crippen LogP contribution in [0.5, 0.6) is 0 Å². The van der Waals surface area contributed by atoms with Crippen molar-refractivity contribution in [3.05, 3.63) is 79.1 Å². The molecule has 110 valence electrons. The van der Waals surface area contributed by atoms with Crippen molar-refractivity contribution >= 4 is 15.7 Å². The molecule has 0 spiro atoms. The topological polar surface area (TPSA) is 59.1 Å². The van der Waals surface area contributed by atoms with E-state index in [0.717, 1.165) is 11.1 Å². The summed E-state index contributed by atoms with van der Waals surface area (Å²) in [6.45, 7) is 0. The molecule has 1 aromatic heterocycles.